The first-order valence-electron chi connectivity index (χ1n) is 4.39. The summed E-state index contributed by atoms with van der Waals surface area (Å²) in [6, 6.07) is 0. The van der Waals surface area contributed by atoms with Gasteiger partial charge in [0.15, 0.2) is 0 Å². The van der Waals surface area contributed by atoms with Crippen molar-refractivity contribution in [3.63, 3.8) is 0 Å². The van der Waals surface area contributed by atoms with Crippen molar-refractivity contribution in [3.05, 3.63) is 0 Å². The summed E-state index contributed by atoms with van der Waals surface area (Å²) in [7, 11) is 0. The minimum atomic E-state index is -2.12. The van der Waals surface area contributed by atoms with Crippen LogP contribution in [0.2, 0.25) is 0 Å². The summed E-state index contributed by atoms with van der Waals surface area (Å²) in [6.07, 6.45) is -1.60. The SMILES string of the molecule is CCC(F)F.NCC(O)C1CCO1. The van der Waals surface area contributed by atoms with Crippen LogP contribution in [0.25, 0.3) is 0 Å². The summed E-state index contributed by atoms with van der Waals surface area (Å²) < 4.78 is 26.5. The Hall–Kier alpha value is -0.260. The fraction of sp³-hybridized carbons (Fsp3) is 1.00. The first-order chi connectivity index (χ1) is 6.11. The van der Waals surface area contributed by atoms with Gasteiger partial charge in [-0.15, -0.1) is 0 Å². The lowest BCUT2D eigenvalue weighted by atomic mass is 10.1. The van der Waals surface area contributed by atoms with Crippen molar-refractivity contribution in [2.75, 3.05) is 13.2 Å². The zero-order chi connectivity index (χ0) is 10.3. The molecule has 0 spiro atoms. The van der Waals surface area contributed by atoms with Gasteiger partial charge in [0.2, 0.25) is 6.43 Å². The molecule has 2 unspecified atom stereocenters. The number of hydrogen-bond donors (Lipinski definition) is 2. The summed E-state index contributed by atoms with van der Waals surface area (Å²) in [5.74, 6) is 0. The van der Waals surface area contributed by atoms with E-state index in [0.29, 0.717) is 6.54 Å². The van der Waals surface area contributed by atoms with Gasteiger partial charge in [-0.2, -0.15) is 0 Å². The van der Waals surface area contributed by atoms with Crippen LogP contribution in [0.3, 0.4) is 0 Å². The number of nitrogens with two attached hydrogens (primary N) is 1. The Morgan fingerprint density at radius 3 is 2.15 bits per heavy atom. The maximum atomic E-state index is 10.8. The lowest BCUT2D eigenvalue weighted by molar-refractivity contribution is -0.112. The molecule has 0 amide bonds. The second-order valence-corrected chi connectivity index (χ2v) is 2.80. The topological polar surface area (TPSA) is 55.5 Å². The average Bonchev–Trinajstić information content (AvgIpc) is 2.02. The molecule has 0 bridgehead atoms. The van der Waals surface area contributed by atoms with E-state index < -0.39 is 12.5 Å². The highest BCUT2D eigenvalue weighted by molar-refractivity contribution is 4.75. The van der Waals surface area contributed by atoms with Crippen LogP contribution < -0.4 is 5.73 Å². The predicted octanol–water partition coefficient (Wildman–Crippen LogP) is 0.756. The van der Waals surface area contributed by atoms with Crippen LogP contribution in [-0.2, 0) is 4.74 Å². The zero-order valence-electron chi connectivity index (χ0n) is 7.75. The number of halogens is 2. The number of aliphatic hydroxyl groups excluding tert-OH is 1. The molecule has 3 nitrogen and oxygen atoms in total. The van der Waals surface area contributed by atoms with E-state index in [-0.39, 0.29) is 12.5 Å². The third kappa shape index (κ3) is 5.90. The van der Waals surface area contributed by atoms with E-state index in [1.165, 1.54) is 6.92 Å². The normalized spacial score (nSPS) is 23.1. The van der Waals surface area contributed by atoms with Gasteiger partial charge in [0.05, 0.1) is 12.2 Å². The van der Waals surface area contributed by atoms with Crippen LogP contribution in [0, 0.1) is 0 Å². The Morgan fingerprint density at radius 2 is 2.08 bits per heavy atom. The maximum absolute atomic E-state index is 10.8. The molecule has 0 saturated carbocycles. The molecule has 13 heavy (non-hydrogen) atoms. The fourth-order valence-corrected chi connectivity index (χ4v) is 0.709. The van der Waals surface area contributed by atoms with E-state index in [0.717, 1.165) is 13.0 Å². The van der Waals surface area contributed by atoms with Crippen LogP contribution in [0.1, 0.15) is 19.8 Å². The number of alkyl halides is 2. The zero-order valence-corrected chi connectivity index (χ0v) is 7.75. The van der Waals surface area contributed by atoms with E-state index in [1.807, 2.05) is 0 Å². The maximum Gasteiger partial charge on any atom is 0.238 e. The van der Waals surface area contributed by atoms with Crippen molar-refractivity contribution >= 4 is 0 Å². The quantitative estimate of drug-likeness (QED) is 0.702. The molecular formula is C8H17F2NO2. The Labute approximate surface area is 76.9 Å². The van der Waals surface area contributed by atoms with E-state index >= 15 is 0 Å². The highest BCUT2D eigenvalue weighted by Crippen LogP contribution is 2.13. The fourth-order valence-electron chi connectivity index (χ4n) is 0.709. The van der Waals surface area contributed by atoms with Crippen molar-refractivity contribution in [1.82, 2.24) is 0 Å². The summed E-state index contributed by atoms with van der Waals surface area (Å²) >= 11 is 0. The molecule has 1 fully saturated rings. The molecule has 1 aliphatic heterocycles. The van der Waals surface area contributed by atoms with Crippen molar-refractivity contribution in [3.8, 4) is 0 Å². The monoisotopic (exact) mass is 197 g/mol. The molecular weight excluding hydrogens is 180 g/mol. The lowest BCUT2D eigenvalue weighted by Gasteiger charge is -2.29. The van der Waals surface area contributed by atoms with Crippen LogP contribution in [0.5, 0.6) is 0 Å². The van der Waals surface area contributed by atoms with Gasteiger partial charge in [-0.25, -0.2) is 8.78 Å². The molecule has 80 valence electrons. The number of ether oxygens (including phenoxy) is 1. The van der Waals surface area contributed by atoms with Gasteiger partial charge in [-0.1, -0.05) is 6.92 Å². The van der Waals surface area contributed by atoms with Gasteiger partial charge in [0.1, 0.15) is 0 Å². The van der Waals surface area contributed by atoms with Crippen LogP contribution in [0.4, 0.5) is 8.78 Å². The largest absolute Gasteiger partial charge is 0.389 e. The second-order valence-electron chi connectivity index (χ2n) is 2.80. The first-order valence-corrected chi connectivity index (χ1v) is 4.39. The van der Waals surface area contributed by atoms with Gasteiger partial charge in [-0.05, 0) is 6.42 Å². The summed E-state index contributed by atoms with van der Waals surface area (Å²) in [4.78, 5) is 0. The smallest absolute Gasteiger partial charge is 0.238 e. The standard InChI is InChI=1S/C5H11NO2.C3H6F2/c6-3-4(7)5-1-2-8-5;1-2-3(4)5/h4-5,7H,1-3,6H2;3H,2H2,1H3. The molecule has 0 aromatic heterocycles. The Bertz CT molecular complexity index is 118. The molecule has 0 aromatic rings. The molecule has 1 heterocycles. The molecule has 3 N–H and O–H groups in total. The summed E-state index contributed by atoms with van der Waals surface area (Å²) in [6.45, 7) is 2.54. The summed E-state index contributed by atoms with van der Waals surface area (Å²) in [5, 5.41) is 8.93. The van der Waals surface area contributed by atoms with Gasteiger partial charge >= 0.3 is 0 Å². The molecule has 0 aliphatic carbocycles. The number of hydrogen-bond acceptors (Lipinski definition) is 3. The molecule has 5 heteroatoms. The van der Waals surface area contributed by atoms with Crippen molar-refractivity contribution in [2.45, 2.75) is 38.4 Å². The van der Waals surface area contributed by atoms with Crippen LogP contribution in [0.15, 0.2) is 0 Å². The molecule has 0 radical (unpaired) electrons. The minimum absolute atomic E-state index is 0.0278. The lowest BCUT2D eigenvalue weighted by Crippen LogP contribution is -2.42. The average molecular weight is 197 g/mol. The van der Waals surface area contributed by atoms with Gasteiger partial charge in [0, 0.05) is 19.6 Å². The molecule has 0 aromatic carbocycles. The van der Waals surface area contributed by atoms with Gasteiger partial charge < -0.3 is 15.6 Å². The Morgan fingerprint density at radius 1 is 1.62 bits per heavy atom. The molecule has 1 rings (SSSR count). The summed E-state index contributed by atoms with van der Waals surface area (Å²) in [5.41, 5.74) is 5.15. The van der Waals surface area contributed by atoms with E-state index in [2.05, 4.69) is 0 Å². The van der Waals surface area contributed by atoms with E-state index in [9.17, 15) is 8.78 Å². The Balaban J connectivity index is 0.000000252. The van der Waals surface area contributed by atoms with E-state index in [4.69, 9.17) is 15.6 Å². The first kappa shape index (κ1) is 12.7. The third-order valence-corrected chi connectivity index (χ3v) is 1.71. The number of rotatable bonds is 3. The van der Waals surface area contributed by atoms with E-state index in [1.54, 1.807) is 0 Å². The molecule has 2 atom stereocenters. The Kier molecular flexibility index (Phi) is 7.03. The van der Waals surface area contributed by atoms with Crippen molar-refractivity contribution in [2.24, 2.45) is 5.73 Å². The van der Waals surface area contributed by atoms with Crippen LogP contribution >= 0.6 is 0 Å². The number of aliphatic hydroxyl groups is 1. The highest BCUT2D eigenvalue weighted by atomic mass is 19.3. The predicted molar refractivity (Wildman–Crippen MR) is 45.7 cm³/mol. The van der Waals surface area contributed by atoms with Crippen molar-refractivity contribution < 1.29 is 18.6 Å². The second kappa shape index (κ2) is 7.17. The van der Waals surface area contributed by atoms with Gasteiger partial charge in [0.25, 0.3) is 0 Å². The minimum Gasteiger partial charge on any atom is -0.389 e. The van der Waals surface area contributed by atoms with Gasteiger partial charge in [-0.3, -0.25) is 0 Å². The third-order valence-electron chi connectivity index (χ3n) is 1.71. The molecule has 1 saturated heterocycles. The van der Waals surface area contributed by atoms with Crippen molar-refractivity contribution in [1.29, 1.82) is 0 Å². The molecule has 1 aliphatic rings. The van der Waals surface area contributed by atoms with Crippen LogP contribution in [-0.4, -0.2) is 36.9 Å². The highest BCUT2D eigenvalue weighted by Gasteiger charge is 2.24.